The highest BCUT2D eigenvalue weighted by Gasteiger charge is 2.21. The minimum absolute atomic E-state index is 0.399. The highest BCUT2D eigenvalue weighted by molar-refractivity contribution is 5.82. The second kappa shape index (κ2) is 7.53. The first-order valence-electron chi connectivity index (χ1n) is 6.58. The molecule has 0 saturated carbocycles. The lowest BCUT2D eigenvalue weighted by Gasteiger charge is -2.20. The van der Waals surface area contributed by atoms with Gasteiger partial charge in [-0.15, -0.1) is 0 Å². The molecule has 0 aliphatic rings. The van der Waals surface area contributed by atoms with Gasteiger partial charge in [-0.3, -0.25) is 4.79 Å². The van der Waals surface area contributed by atoms with Crippen LogP contribution in [0.2, 0.25) is 0 Å². The third-order valence-electron chi connectivity index (χ3n) is 3.16. The second-order valence-corrected chi connectivity index (χ2v) is 4.91. The third-order valence-corrected chi connectivity index (χ3v) is 3.16. The lowest BCUT2D eigenvalue weighted by atomic mass is 9.93. The number of nitrogens with one attached hydrogen (secondary N) is 1. The molecule has 0 saturated heterocycles. The third kappa shape index (κ3) is 4.26. The molecule has 0 heterocycles. The normalized spacial score (nSPS) is 11.8. The van der Waals surface area contributed by atoms with Crippen molar-refractivity contribution in [2.45, 2.75) is 33.2 Å². The van der Waals surface area contributed by atoms with Gasteiger partial charge >= 0.3 is 0 Å². The fraction of sp³-hybridized carbons (Fsp3) is 0.500. The van der Waals surface area contributed by atoms with Crippen LogP contribution in [0.1, 0.15) is 34.7 Å². The minimum Gasteiger partial charge on any atom is -0.368 e. The van der Waals surface area contributed by atoms with Crippen molar-refractivity contribution in [3.63, 3.8) is 0 Å². The average molecular weight is 275 g/mol. The number of hydrogen-bond acceptors (Lipinski definition) is 3. The standard InChI is InChI=1S/C14H21N5O/c1-9-7-10(2)12(11(3)8-9)13(14(15)20)17-5-4-6-18-19-16/h7-8,13,17H,4-6H2,1-3H3,(H2,15,20). The molecule has 0 aliphatic carbocycles. The van der Waals surface area contributed by atoms with Crippen LogP contribution < -0.4 is 11.1 Å². The number of azide groups is 1. The zero-order chi connectivity index (χ0) is 15.1. The first-order valence-corrected chi connectivity index (χ1v) is 6.58. The van der Waals surface area contributed by atoms with Gasteiger partial charge in [0.25, 0.3) is 0 Å². The number of aryl methyl sites for hydroxylation is 3. The Morgan fingerprint density at radius 1 is 1.40 bits per heavy atom. The summed E-state index contributed by atoms with van der Waals surface area (Å²) in [7, 11) is 0. The predicted octanol–water partition coefficient (Wildman–Crippen LogP) is 2.43. The Morgan fingerprint density at radius 3 is 2.50 bits per heavy atom. The fourth-order valence-corrected chi connectivity index (χ4v) is 2.43. The van der Waals surface area contributed by atoms with Gasteiger partial charge in [0.1, 0.15) is 6.04 Å². The van der Waals surface area contributed by atoms with E-state index >= 15 is 0 Å². The van der Waals surface area contributed by atoms with Gasteiger partial charge < -0.3 is 11.1 Å². The van der Waals surface area contributed by atoms with E-state index in [1.54, 1.807) is 0 Å². The van der Waals surface area contributed by atoms with Crippen LogP contribution in [0.3, 0.4) is 0 Å². The molecule has 0 bridgehead atoms. The zero-order valence-electron chi connectivity index (χ0n) is 12.2. The van der Waals surface area contributed by atoms with Crippen LogP contribution in [0, 0.1) is 20.8 Å². The summed E-state index contributed by atoms with van der Waals surface area (Å²) in [6.45, 7) is 6.95. The molecule has 1 rings (SSSR count). The van der Waals surface area contributed by atoms with Crippen molar-refractivity contribution in [2.24, 2.45) is 10.8 Å². The summed E-state index contributed by atoms with van der Waals surface area (Å²) in [6, 6.07) is 3.57. The monoisotopic (exact) mass is 275 g/mol. The van der Waals surface area contributed by atoms with Gasteiger partial charge in [0.05, 0.1) is 0 Å². The molecule has 0 aliphatic heterocycles. The van der Waals surface area contributed by atoms with Gasteiger partial charge in [0.2, 0.25) is 5.91 Å². The summed E-state index contributed by atoms with van der Waals surface area (Å²) in [5, 5.41) is 6.59. The van der Waals surface area contributed by atoms with E-state index in [4.69, 9.17) is 11.3 Å². The summed E-state index contributed by atoms with van der Waals surface area (Å²) in [4.78, 5) is 14.4. The maximum absolute atomic E-state index is 11.7. The van der Waals surface area contributed by atoms with Crippen LogP contribution in [-0.2, 0) is 4.79 Å². The van der Waals surface area contributed by atoms with E-state index in [2.05, 4.69) is 15.3 Å². The number of hydrogen-bond donors (Lipinski definition) is 2. The Morgan fingerprint density at radius 2 is 2.00 bits per heavy atom. The molecule has 1 aromatic carbocycles. The van der Waals surface area contributed by atoms with E-state index in [0.717, 1.165) is 22.3 Å². The molecular weight excluding hydrogens is 254 g/mol. The molecule has 1 atom stereocenters. The highest BCUT2D eigenvalue weighted by Crippen LogP contribution is 2.23. The van der Waals surface area contributed by atoms with Gasteiger partial charge in [0, 0.05) is 11.5 Å². The summed E-state index contributed by atoms with van der Waals surface area (Å²) >= 11 is 0. The molecule has 108 valence electrons. The van der Waals surface area contributed by atoms with Crippen LogP contribution in [0.4, 0.5) is 0 Å². The number of nitrogens with zero attached hydrogens (tertiary/aromatic N) is 3. The molecule has 0 spiro atoms. The number of primary amides is 1. The van der Waals surface area contributed by atoms with E-state index in [9.17, 15) is 4.79 Å². The maximum Gasteiger partial charge on any atom is 0.239 e. The number of carbonyl (C=O) groups excluding carboxylic acids is 1. The number of carbonyl (C=O) groups is 1. The lowest BCUT2D eigenvalue weighted by Crippen LogP contribution is -2.35. The Bertz CT molecular complexity index is 511. The van der Waals surface area contributed by atoms with Gasteiger partial charge in [-0.25, -0.2) is 0 Å². The van der Waals surface area contributed by atoms with Crippen molar-refractivity contribution in [1.82, 2.24) is 5.32 Å². The lowest BCUT2D eigenvalue weighted by molar-refractivity contribution is -0.120. The molecule has 6 heteroatoms. The Kier molecular flexibility index (Phi) is 6.03. The van der Waals surface area contributed by atoms with Crippen LogP contribution >= 0.6 is 0 Å². The quantitative estimate of drug-likeness (QED) is 0.345. The van der Waals surface area contributed by atoms with Crippen molar-refractivity contribution < 1.29 is 4.79 Å². The van der Waals surface area contributed by atoms with E-state index in [0.29, 0.717) is 19.5 Å². The molecule has 1 amide bonds. The largest absolute Gasteiger partial charge is 0.368 e. The Hall–Kier alpha value is -2.04. The predicted molar refractivity (Wildman–Crippen MR) is 79.2 cm³/mol. The van der Waals surface area contributed by atoms with Gasteiger partial charge in [-0.1, -0.05) is 22.8 Å². The van der Waals surface area contributed by atoms with Gasteiger partial charge in [0.15, 0.2) is 0 Å². The summed E-state index contributed by atoms with van der Waals surface area (Å²) in [5.74, 6) is -0.399. The first-order chi connectivity index (χ1) is 9.47. The number of benzene rings is 1. The fourth-order valence-electron chi connectivity index (χ4n) is 2.43. The van der Waals surface area contributed by atoms with Crippen molar-refractivity contribution in [1.29, 1.82) is 0 Å². The summed E-state index contributed by atoms with van der Waals surface area (Å²) < 4.78 is 0. The highest BCUT2D eigenvalue weighted by atomic mass is 16.1. The molecule has 1 unspecified atom stereocenters. The van der Waals surface area contributed by atoms with E-state index in [1.165, 1.54) is 0 Å². The van der Waals surface area contributed by atoms with Crippen molar-refractivity contribution in [3.8, 4) is 0 Å². The zero-order valence-corrected chi connectivity index (χ0v) is 12.2. The van der Waals surface area contributed by atoms with E-state index in [1.807, 2.05) is 32.9 Å². The molecule has 0 fully saturated rings. The van der Waals surface area contributed by atoms with Gasteiger partial charge in [-0.05, 0) is 56.0 Å². The topological polar surface area (TPSA) is 104 Å². The van der Waals surface area contributed by atoms with Crippen LogP contribution in [0.5, 0.6) is 0 Å². The van der Waals surface area contributed by atoms with E-state index < -0.39 is 11.9 Å². The van der Waals surface area contributed by atoms with Crippen molar-refractivity contribution in [3.05, 3.63) is 44.8 Å². The molecule has 6 nitrogen and oxygen atoms in total. The number of rotatable bonds is 7. The van der Waals surface area contributed by atoms with Crippen molar-refractivity contribution >= 4 is 5.91 Å². The van der Waals surface area contributed by atoms with Crippen LogP contribution in [0.15, 0.2) is 17.2 Å². The smallest absolute Gasteiger partial charge is 0.239 e. The molecule has 3 N–H and O–H groups in total. The minimum atomic E-state index is -0.512. The summed E-state index contributed by atoms with van der Waals surface area (Å²) in [5.41, 5.74) is 17.9. The number of amides is 1. The van der Waals surface area contributed by atoms with Crippen LogP contribution in [0.25, 0.3) is 10.4 Å². The molecule has 20 heavy (non-hydrogen) atoms. The van der Waals surface area contributed by atoms with E-state index in [-0.39, 0.29) is 0 Å². The Balaban J connectivity index is 2.86. The van der Waals surface area contributed by atoms with Crippen LogP contribution in [-0.4, -0.2) is 19.0 Å². The molecular formula is C14H21N5O. The summed E-state index contributed by atoms with van der Waals surface area (Å²) in [6.07, 6.45) is 0.664. The molecule has 1 aromatic rings. The van der Waals surface area contributed by atoms with Crippen molar-refractivity contribution in [2.75, 3.05) is 13.1 Å². The second-order valence-electron chi connectivity index (χ2n) is 4.91. The maximum atomic E-state index is 11.7. The molecule has 0 radical (unpaired) electrons. The SMILES string of the molecule is Cc1cc(C)c(C(NCCCN=[N+]=[N-])C(N)=O)c(C)c1. The average Bonchev–Trinajstić information content (AvgIpc) is 2.34. The number of nitrogens with two attached hydrogens (primary N) is 1. The Labute approximate surface area is 119 Å². The van der Waals surface area contributed by atoms with Gasteiger partial charge in [-0.2, -0.15) is 0 Å². The first kappa shape index (κ1) is 16.0. The molecule has 0 aromatic heterocycles.